The maximum absolute atomic E-state index is 6.05. The van der Waals surface area contributed by atoms with Crippen molar-refractivity contribution >= 4 is 0 Å². The topological polar surface area (TPSA) is 61.3 Å². The Morgan fingerprint density at radius 2 is 2.24 bits per heavy atom. The Morgan fingerprint density at radius 3 is 2.88 bits per heavy atom. The monoisotopic (exact) mass is 236 g/mol. The van der Waals surface area contributed by atoms with Gasteiger partial charge in [0, 0.05) is 11.6 Å². The van der Waals surface area contributed by atoms with Gasteiger partial charge >= 0.3 is 0 Å². The molecule has 0 saturated heterocycles. The lowest BCUT2D eigenvalue weighted by atomic mass is 9.90. The molecule has 0 aliphatic heterocycles. The Labute approximate surface area is 104 Å². The predicted molar refractivity (Wildman–Crippen MR) is 69.7 cm³/mol. The Kier molecular flexibility index (Phi) is 3.11. The summed E-state index contributed by atoms with van der Waals surface area (Å²) in [6, 6.07) is 0. The van der Waals surface area contributed by atoms with Crippen LogP contribution >= 0.6 is 0 Å². The van der Waals surface area contributed by atoms with Crippen molar-refractivity contribution < 1.29 is 4.74 Å². The molecular formula is C14H24N2O. The van der Waals surface area contributed by atoms with Gasteiger partial charge in [-0.25, -0.2) is 0 Å². The summed E-state index contributed by atoms with van der Waals surface area (Å²) in [5.41, 5.74) is 14.4. The minimum absolute atomic E-state index is 0.335. The van der Waals surface area contributed by atoms with Crippen LogP contribution in [-0.2, 0) is 4.74 Å². The van der Waals surface area contributed by atoms with Gasteiger partial charge in [0.2, 0.25) is 0 Å². The molecule has 3 heteroatoms. The zero-order chi connectivity index (χ0) is 12.6. The SMILES string of the molecule is C=C(N)OC[C@@H]1C2CC/C(N)=C(/C)CC[C@@]21C. The molecule has 0 aromatic rings. The average Bonchev–Trinajstić information content (AvgIpc) is 2.83. The molecule has 3 nitrogen and oxygen atoms in total. The fraction of sp³-hybridized carbons (Fsp3) is 0.714. The fourth-order valence-corrected chi connectivity index (χ4v) is 3.31. The molecule has 2 rings (SSSR count). The third-order valence-electron chi connectivity index (χ3n) is 4.83. The smallest absolute Gasteiger partial charge is 0.176 e. The van der Waals surface area contributed by atoms with Gasteiger partial charge in [0.05, 0.1) is 6.61 Å². The van der Waals surface area contributed by atoms with Crippen LogP contribution in [0.3, 0.4) is 0 Å². The molecular weight excluding hydrogens is 212 g/mol. The molecule has 0 amide bonds. The highest BCUT2D eigenvalue weighted by Crippen LogP contribution is 2.64. The summed E-state index contributed by atoms with van der Waals surface area (Å²) in [6.45, 7) is 8.84. The van der Waals surface area contributed by atoms with E-state index >= 15 is 0 Å². The Bertz CT molecular complexity index is 361. The molecule has 1 saturated carbocycles. The molecule has 1 fully saturated rings. The van der Waals surface area contributed by atoms with E-state index in [0.717, 1.165) is 31.1 Å². The van der Waals surface area contributed by atoms with E-state index in [4.69, 9.17) is 16.2 Å². The van der Waals surface area contributed by atoms with Crippen LogP contribution in [0.5, 0.6) is 0 Å². The molecule has 17 heavy (non-hydrogen) atoms. The van der Waals surface area contributed by atoms with Gasteiger partial charge in [-0.05, 0) is 50.5 Å². The van der Waals surface area contributed by atoms with Crippen LogP contribution in [0.25, 0.3) is 0 Å². The summed E-state index contributed by atoms with van der Waals surface area (Å²) in [5, 5.41) is 0. The van der Waals surface area contributed by atoms with Crippen molar-refractivity contribution in [1.29, 1.82) is 0 Å². The lowest BCUT2D eigenvalue weighted by Gasteiger charge is -2.17. The van der Waals surface area contributed by atoms with Crippen LogP contribution in [0.1, 0.15) is 39.5 Å². The van der Waals surface area contributed by atoms with Crippen molar-refractivity contribution in [1.82, 2.24) is 0 Å². The summed E-state index contributed by atoms with van der Waals surface area (Å²) in [5.74, 6) is 1.71. The number of rotatable bonds is 3. The number of hydrogen-bond donors (Lipinski definition) is 2. The average molecular weight is 236 g/mol. The van der Waals surface area contributed by atoms with Crippen molar-refractivity contribution in [2.45, 2.75) is 39.5 Å². The lowest BCUT2D eigenvalue weighted by molar-refractivity contribution is 0.181. The largest absolute Gasteiger partial charge is 0.480 e. The first-order chi connectivity index (χ1) is 7.95. The Hall–Kier alpha value is -1.12. The Balaban J connectivity index is 1.97. The molecule has 0 spiro atoms. The normalized spacial score (nSPS) is 41.1. The van der Waals surface area contributed by atoms with Crippen LogP contribution in [0.4, 0.5) is 0 Å². The molecule has 0 heterocycles. The zero-order valence-corrected chi connectivity index (χ0v) is 11.0. The third-order valence-corrected chi connectivity index (χ3v) is 4.83. The van der Waals surface area contributed by atoms with Gasteiger partial charge < -0.3 is 16.2 Å². The van der Waals surface area contributed by atoms with Crippen LogP contribution in [0.15, 0.2) is 23.7 Å². The maximum Gasteiger partial charge on any atom is 0.176 e. The van der Waals surface area contributed by atoms with Crippen molar-refractivity contribution in [3.63, 3.8) is 0 Å². The van der Waals surface area contributed by atoms with Gasteiger partial charge in [0.25, 0.3) is 0 Å². The fourth-order valence-electron chi connectivity index (χ4n) is 3.31. The lowest BCUT2D eigenvalue weighted by Crippen LogP contribution is -2.09. The Morgan fingerprint density at radius 1 is 1.53 bits per heavy atom. The summed E-state index contributed by atoms with van der Waals surface area (Å²) in [6.07, 6.45) is 4.56. The molecule has 0 aromatic heterocycles. The second kappa shape index (κ2) is 4.28. The molecule has 4 N–H and O–H groups in total. The number of hydrogen-bond acceptors (Lipinski definition) is 3. The van der Waals surface area contributed by atoms with Crippen LogP contribution in [0.2, 0.25) is 0 Å². The van der Waals surface area contributed by atoms with E-state index < -0.39 is 0 Å². The van der Waals surface area contributed by atoms with Crippen molar-refractivity contribution in [3.8, 4) is 0 Å². The molecule has 0 bridgehead atoms. The second-order valence-electron chi connectivity index (χ2n) is 5.84. The number of allylic oxidation sites excluding steroid dienone is 2. The maximum atomic E-state index is 6.05. The molecule has 0 radical (unpaired) electrons. The van der Waals surface area contributed by atoms with E-state index in [2.05, 4.69) is 20.4 Å². The highest BCUT2D eigenvalue weighted by atomic mass is 16.5. The van der Waals surface area contributed by atoms with Gasteiger partial charge in [-0.2, -0.15) is 0 Å². The van der Waals surface area contributed by atoms with Crippen molar-refractivity contribution in [3.05, 3.63) is 23.7 Å². The van der Waals surface area contributed by atoms with Crippen LogP contribution in [-0.4, -0.2) is 6.61 Å². The highest BCUT2D eigenvalue weighted by molar-refractivity contribution is 5.17. The quantitative estimate of drug-likeness (QED) is 0.740. The molecule has 3 atom stereocenters. The standard InChI is InChI=1S/C14H24N2O/c1-9-6-7-14(3)11(4-5-13(9)16)12(14)8-17-10(2)15/h11-12H,2,4-8,15-16H2,1,3H3/b13-9+/t11?,12-,14+/m1/s1. The first-order valence-electron chi connectivity index (χ1n) is 6.46. The molecule has 96 valence electrons. The van der Waals surface area contributed by atoms with E-state index in [0.29, 0.717) is 17.2 Å². The van der Waals surface area contributed by atoms with Crippen LogP contribution < -0.4 is 11.5 Å². The van der Waals surface area contributed by atoms with E-state index in [-0.39, 0.29) is 0 Å². The van der Waals surface area contributed by atoms with E-state index in [1.165, 1.54) is 18.4 Å². The molecule has 0 aromatic carbocycles. The highest BCUT2D eigenvalue weighted by Gasteiger charge is 2.60. The van der Waals surface area contributed by atoms with Gasteiger partial charge in [-0.3, -0.25) is 0 Å². The first kappa shape index (κ1) is 12.3. The van der Waals surface area contributed by atoms with Gasteiger partial charge in [0.15, 0.2) is 5.88 Å². The predicted octanol–water partition coefficient (Wildman–Crippen LogP) is 2.49. The van der Waals surface area contributed by atoms with Crippen LogP contribution in [0, 0.1) is 17.3 Å². The summed E-state index contributed by atoms with van der Waals surface area (Å²) in [7, 11) is 0. The number of fused-ring (bicyclic) bond motifs is 1. The van der Waals surface area contributed by atoms with E-state index in [9.17, 15) is 0 Å². The van der Waals surface area contributed by atoms with E-state index in [1.54, 1.807) is 0 Å². The summed E-state index contributed by atoms with van der Waals surface area (Å²) >= 11 is 0. The molecule has 1 unspecified atom stereocenters. The summed E-state index contributed by atoms with van der Waals surface area (Å²) < 4.78 is 5.40. The van der Waals surface area contributed by atoms with Crippen molar-refractivity contribution in [2.24, 2.45) is 28.7 Å². The minimum Gasteiger partial charge on any atom is -0.480 e. The van der Waals surface area contributed by atoms with E-state index in [1.807, 2.05) is 0 Å². The van der Waals surface area contributed by atoms with Gasteiger partial charge in [-0.1, -0.05) is 12.5 Å². The first-order valence-corrected chi connectivity index (χ1v) is 6.46. The van der Waals surface area contributed by atoms with Crippen molar-refractivity contribution in [2.75, 3.05) is 6.61 Å². The number of nitrogens with two attached hydrogens (primary N) is 2. The molecule has 2 aliphatic carbocycles. The van der Waals surface area contributed by atoms with Gasteiger partial charge in [-0.15, -0.1) is 0 Å². The molecule has 2 aliphatic rings. The van der Waals surface area contributed by atoms with Gasteiger partial charge in [0.1, 0.15) is 0 Å². The number of ether oxygens (including phenoxy) is 1. The zero-order valence-electron chi connectivity index (χ0n) is 11.0. The summed E-state index contributed by atoms with van der Waals surface area (Å²) in [4.78, 5) is 0. The minimum atomic E-state index is 0.335. The third kappa shape index (κ3) is 2.28. The second-order valence-corrected chi connectivity index (χ2v) is 5.84.